The quantitative estimate of drug-likeness (QED) is 0.777. The summed E-state index contributed by atoms with van der Waals surface area (Å²) in [6.45, 7) is 0.784. The SMILES string of the molecule is Clc1ccccc1-c1ccc(NCCc2cccnc2)nn1. The molecule has 0 bridgehead atoms. The van der Waals surface area contributed by atoms with Crippen molar-refractivity contribution in [3.8, 4) is 11.3 Å². The second-order valence-corrected chi connectivity index (χ2v) is 5.23. The Kier molecular flexibility index (Phi) is 4.61. The molecule has 0 saturated heterocycles. The predicted molar refractivity (Wildman–Crippen MR) is 88.9 cm³/mol. The average molecular weight is 311 g/mol. The molecule has 5 heteroatoms. The molecule has 2 heterocycles. The summed E-state index contributed by atoms with van der Waals surface area (Å²) in [7, 11) is 0. The lowest BCUT2D eigenvalue weighted by Gasteiger charge is -2.06. The van der Waals surface area contributed by atoms with Gasteiger partial charge in [-0.1, -0.05) is 35.9 Å². The number of rotatable bonds is 5. The number of hydrogen-bond acceptors (Lipinski definition) is 4. The van der Waals surface area contributed by atoms with Gasteiger partial charge in [-0.25, -0.2) is 0 Å². The molecule has 0 amide bonds. The summed E-state index contributed by atoms with van der Waals surface area (Å²) in [5.41, 5.74) is 2.85. The summed E-state index contributed by atoms with van der Waals surface area (Å²) in [4.78, 5) is 4.10. The maximum absolute atomic E-state index is 6.16. The molecule has 22 heavy (non-hydrogen) atoms. The molecular formula is C17H15ClN4. The largest absolute Gasteiger partial charge is 0.368 e. The standard InChI is InChI=1S/C17H15ClN4/c18-15-6-2-1-5-14(15)16-7-8-17(22-21-16)20-11-9-13-4-3-10-19-12-13/h1-8,10,12H,9,11H2,(H,20,22). The van der Waals surface area contributed by atoms with Crippen LogP contribution in [0.3, 0.4) is 0 Å². The molecule has 3 aromatic rings. The fraction of sp³-hybridized carbons (Fsp3) is 0.118. The maximum Gasteiger partial charge on any atom is 0.148 e. The number of nitrogens with one attached hydrogen (secondary N) is 1. The lowest BCUT2D eigenvalue weighted by atomic mass is 10.1. The Bertz CT molecular complexity index is 729. The van der Waals surface area contributed by atoms with Gasteiger partial charge in [0.25, 0.3) is 0 Å². The van der Waals surface area contributed by atoms with E-state index in [9.17, 15) is 0 Å². The smallest absolute Gasteiger partial charge is 0.148 e. The van der Waals surface area contributed by atoms with Crippen LogP contribution < -0.4 is 5.32 Å². The number of anilines is 1. The number of hydrogen-bond donors (Lipinski definition) is 1. The van der Waals surface area contributed by atoms with E-state index >= 15 is 0 Å². The van der Waals surface area contributed by atoms with Crippen molar-refractivity contribution < 1.29 is 0 Å². The van der Waals surface area contributed by atoms with Crippen LogP contribution in [-0.2, 0) is 6.42 Å². The number of halogens is 1. The Labute approximate surface area is 134 Å². The average Bonchev–Trinajstić information content (AvgIpc) is 2.57. The van der Waals surface area contributed by atoms with Crippen molar-refractivity contribution in [3.05, 3.63) is 71.5 Å². The van der Waals surface area contributed by atoms with Crippen LogP contribution in [0, 0.1) is 0 Å². The van der Waals surface area contributed by atoms with Crippen molar-refractivity contribution in [3.63, 3.8) is 0 Å². The van der Waals surface area contributed by atoms with Crippen LogP contribution in [0.2, 0.25) is 5.02 Å². The summed E-state index contributed by atoms with van der Waals surface area (Å²) in [5, 5.41) is 12.3. The molecule has 0 spiro atoms. The van der Waals surface area contributed by atoms with Crippen molar-refractivity contribution in [2.24, 2.45) is 0 Å². The van der Waals surface area contributed by atoms with Crippen LogP contribution in [-0.4, -0.2) is 21.7 Å². The van der Waals surface area contributed by atoms with Gasteiger partial charge in [0, 0.05) is 24.5 Å². The van der Waals surface area contributed by atoms with Crippen LogP contribution in [0.4, 0.5) is 5.82 Å². The van der Waals surface area contributed by atoms with Gasteiger partial charge in [0.1, 0.15) is 5.82 Å². The topological polar surface area (TPSA) is 50.7 Å². The van der Waals surface area contributed by atoms with E-state index in [1.54, 1.807) is 6.20 Å². The number of pyridine rings is 1. The van der Waals surface area contributed by atoms with E-state index in [2.05, 4.69) is 26.6 Å². The molecule has 3 rings (SSSR count). The van der Waals surface area contributed by atoms with Crippen LogP contribution in [0.15, 0.2) is 60.9 Å². The van der Waals surface area contributed by atoms with Gasteiger partial charge in [-0.2, -0.15) is 0 Å². The van der Waals surface area contributed by atoms with Crippen LogP contribution in [0.25, 0.3) is 11.3 Å². The summed E-state index contributed by atoms with van der Waals surface area (Å²) in [6.07, 6.45) is 4.53. The van der Waals surface area contributed by atoms with Crippen LogP contribution in [0.1, 0.15) is 5.56 Å². The molecule has 110 valence electrons. The van der Waals surface area contributed by atoms with Gasteiger partial charge in [0.15, 0.2) is 0 Å². The molecule has 0 aliphatic rings. The van der Waals surface area contributed by atoms with Crippen molar-refractivity contribution in [2.75, 3.05) is 11.9 Å². The van der Waals surface area contributed by atoms with Crippen LogP contribution >= 0.6 is 11.6 Å². The monoisotopic (exact) mass is 310 g/mol. The molecule has 1 N–H and O–H groups in total. The van der Waals surface area contributed by atoms with Gasteiger partial charge in [0.2, 0.25) is 0 Å². The summed E-state index contributed by atoms with van der Waals surface area (Å²) < 4.78 is 0. The van der Waals surface area contributed by atoms with E-state index in [0.717, 1.165) is 30.0 Å². The third-order valence-corrected chi connectivity index (χ3v) is 3.59. The highest BCUT2D eigenvalue weighted by Crippen LogP contribution is 2.25. The number of nitrogens with zero attached hydrogens (tertiary/aromatic N) is 3. The molecule has 0 aliphatic heterocycles. The lowest BCUT2D eigenvalue weighted by molar-refractivity contribution is 0.963. The summed E-state index contributed by atoms with van der Waals surface area (Å²) in [6, 6.07) is 15.4. The number of benzene rings is 1. The van der Waals surface area contributed by atoms with Crippen LogP contribution in [0.5, 0.6) is 0 Å². The fourth-order valence-electron chi connectivity index (χ4n) is 2.12. The first-order valence-corrected chi connectivity index (χ1v) is 7.42. The molecule has 0 atom stereocenters. The number of aromatic nitrogens is 3. The van der Waals surface area contributed by atoms with E-state index in [0.29, 0.717) is 5.02 Å². The molecule has 0 unspecified atom stereocenters. The molecule has 0 saturated carbocycles. The summed E-state index contributed by atoms with van der Waals surface area (Å²) >= 11 is 6.16. The molecule has 0 fully saturated rings. The van der Waals surface area contributed by atoms with E-state index in [-0.39, 0.29) is 0 Å². The Morgan fingerprint density at radius 1 is 0.955 bits per heavy atom. The van der Waals surface area contributed by atoms with Gasteiger partial charge in [-0.15, -0.1) is 10.2 Å². The highest BCUT2D eigenvalue weighted by Gasteiger charge is 2.04. The zero-order chi connectivity index (χ0) is 15.2. The Hall–Kier alpha value is -2.46. The predicted octanol–water partition coefficient (Wildman–Crippen LogP) is 3.85. The Morgan fingerprint density at radius 2 is 1.86 bits per heavy atom. The van der Waals surface area contributed by atoms with E-state index < -0.39 is 0 Å². The first-order chi connectivity index (χ1) is 10.8. The molecular weight excluding hydrogens is 296 g/mol. The summed E-state index contributed by atoms with van der Waals surface area (Å²) in [5.74, 6) is 0.750. The van der Waals surface area contributed by atoms with Gasteiger partial charge in [-0.3, -0.25) is 4.98 Å². The van der Waals surface area contributed by atoms with Crippen molar-refractivity contribution in [1.82, 2.24) is 15.2 Å². The Balaban J connectivity index is 1.61. The molecule has 0 radical (unpaired) electrons. The fourth-order valence-corrected chi connectivity index (χ4v) is 2.35. The third kappa shape index (κ3) is 3.59. The highest BCUT2D eigenvalue weighted by molar-refractivity contribution is 6.33. The van der Waals surface area contributed by atoms with Gasteiger partial charge >= 0.3 is 0 Å². The molecule has 0 aliphatic carbocycles. The zero-order valence-electron chi connectivity index (χ0n) is 11.9. The normalized spacial score (nSPS) is 10.4. The van der Waals surface area contributed by atoms with E-state index in [4.69, 9.17) is 11.6 Å². The zero-order valence-corrected chi connectivity index (χ0v) is 12.7. The minimum atomic E-state index is 0.675. The van der Waals surface area contributed by atoms with E-state index in [1.165, 1.54) is 5.56 Å². The van der Waals surface area contributed by atoms with Crippen molar-refractivity contribution in [2.45, 2.75) is 6.42 Å². The second-order valence-electron chi connectivity index (χ2n) is 4.82. The molecule has 2 aromatic heterocycles. The Morgan fingerprint density at radius 3 is 2.59 bits per heavy atom. The van der Waals surface area contributed by atoms with Gasteiger partial charge in [-0.05, 0) is 36.2 Å². The molecule has 1 aromatic carbocycles. The van der Waals surface area contributed by atoms with Crippen molar-refractivity contribution in [1.29, 1.82) is 0 Å². The van der Waals surface area contributed by atoms with Gasteiger partial charge < -0.3 is 5.32 Å². The maximum atomic E-state index is 6.16. The third-order valence-electron chi connectivity index (χ3n) is 3.26. The minimum Gasteiger partial charge on any atom is -0.368 e. The minimum absolute atomic E-state index is 0.675. The van der Waals surface area contributed by atoms with Gasteiger partial charge in [0.05, 0.1) is 10.7 Å². The first-order valence-electron chi connectivity index (χ1n) is 7.04. The second kappa shape index (κ2) is 7.00. The lowest BCUT2D eigenvalue weighted by Crippen LogP contribution is -2.07. The first kappa shape index (κ1) is 14.5. The highest BCUT2D eigenvalue weighted by atomic mass is 35.5. The van der Waals surface area contributed by atoms with E-state index in [1.807, 2.05) is 48.7 Å². The molecule has 4 nitrogen and oxygen atoms in total. The van der Waals surface area contributed by atoms with Crippen molar-refractivity contribution >= 4 is 17.4 Å².